The van der Waals surface area contributed by atoms with E-state index in [0.717, 1.165) is 22.4 Å². The molecular weight excluding hydrogens is 386 g/mol. The largest absolute Gasteiger partial charge is 0.496 e. The number of hydrogen-bond acceptors (Lipinski definition) is 3. The molecule has 0 unspecified atom stereocenters. The highest BCUT2D eigenvalue weighted by atomic mass is 16.5. The summed E-state index contributed by atoms with van der Waals surface area (Å²) in [4.78, 5) is 12.8. The Balaban J connectivity index is 1.78. The molecule has 0 aliphatic carbocycles. The van der Waals surface area contributed by atoms with Gasteiger partial charge < -0.3 is 14.8 Å². The number of amides is 1. The van der Waals surface area contributed by atoms with Crippen LogP contribution in [0.1, 0.15) is 60.8 Å². The Labute approximate surface area is 185 Å². The van der Waals surface area contributed by atoms with Crippen molar-refractivity contribution in [2.45, 2.75) is 45.8 Å². The van der Waals surface area contributed by atoms with E-state index in [0.29, 0.717) is 17.9 Å². The third-order valence-corrected chi connectivity index (χ3v) is 5.27. The molecule has 1 atom stereocenters. The lowest BCUT2D eigenvalue weighted by Crippen LogP contribution is -2.26. The zero-order valence-corrected chi connectivity index (χ0v) is 18.9. The summed E-state index contributed by atoms with van der Waals surface area (Å²) >= 11 is 0. The summed E-state index contributed by atoms with van der Waals surface area (Å²) in [7, 11) is 1.62. The maximum Gasteiger partial charge on any atom is 0.251 e. The van der Waals surface area contributed by atoms with Gasteiger partial charge in [0.15, 0.2) is 0 Å². The molecule has 0 aliphatic heterocycles. The fourth-order valence-corrected chi connectivity index (χ4v) is 3.51. The van der Waals surface area contributed by atoms with Crippen molar-refractivity contribution in [2.75, 3.05) is 7.11 Å². The summed E-state index contributed by atoms with van der Waals surface area (Å²) < 4.78 is 11.7. The number of benzene rings is 3. The van der Waals surface area contributed by atoms with Gasteiger partial charge in [-0.2, -0.15) is 0 Å². The fourth-order valence-electron chi connectivity index (χ4n) is 3.51. The van der Waals surface area contributed by atoms with Gasteiger partial charge in [0.2, 0.25) is 0 Å². The van der Waals surface area contributed by atoms with Crippen molar-refractivity contribution < 1.29 is 14.3 Å². The Morgan fingerprint density at radius 2 is 1.61 bits per heavy atom. The molecule has 0 bridgehead atoms. The molecule has 3 rings (SSSR count). The summed E-state index contributed by atoms with van der Waals surface area (Å²) in [6.45, 7) is 8.77. The minimum Gasteiger partial charge on any atom is -0.496 e. The van der Waals surface area contributed by atoms with Crippen LogP contribution in [-0.2, 0) is 12.0 Å². The predicted octanol–water partition coefficient (Wildman–Crippen LogP) is 6.06. The number of nitrogens with one attached hydrogen (secondary N) is 1. The van der Waals surface area contributed by atoms with Crippen LogP contribution in [-0.4, -0.2) is 13.0 Å². The Morgan fingerprint density at radius 3 is 2.29 bits per heavy atom. The smallest absolute Gasteiger partial charge is 0.251 e. The van der Waals surface area contributed by atoms with Crippen molar-refractivity contribution in [3.63, 3.8) is 0 Å². The second kappa shape index (κ2) is 9.69. The van der Waals surface area contributed by atoms with Gasteiger partial charge in [0, 0.05) is 11.1 Å². The zero-order chi connectivity index (χ0) is 22.4. The van der Waals surface area contributed by atoms with E-state index in [4.69, 9.17) is 9.47 Å². The van der Waals surface area contributed by atoms with Gasteiger partial charge in [-0.3, -0.25) is 4.79 Å². The lowest BCUT2D eigenvalue weighted by Gasteiger charge is -2.23. The number of ether oxygens (including phenoxy) is 2. The summed E-state index contributed by atoms with van der Waals surface area (Å²) in [6, 6.07) is 23.3. The Morgan fingerprint density at radius 1 is 0.935 bits per heavy atom. The first-order valence-electron chi connectivity index (χ1n) is 10.5. The molecule has 3 aromatic rings. The average Bonchev–Trinajstić information content (AvgIpc) is 2.77. The third-order valence-electron chi connectivity index (χ3n) is 5.27. The predicted molar refractivity (Wildman–Crippen MR) is 125 cm³/mol. The van der Waals surface area contributed by atoms with Crippen LogP contribution < -0.4 is 14.8 Å². The van der Waals surface area contributed by atoms with E-state index in [1.807, 2.05) is 67.6 Å². The average molecular weight is 418 g/mol. The van der Waals surface area contributed by atoms with Crippen LogP contribution in [0.25, 0.3) is 0 Å². The zero-order valence-electron chi connectivity index (χ0n) is 18.9. The summed E-state index contributed by atoms with van der Waals surface area (Å²) in [6.07, 6.45) is 0. The molecule has 1 amide bonds. The van der Waals surface area contributed by atoms with Crippen LogP contribution in [0.5, 0.6) is 11.5 Å². The molecule has 4 nitrogen and oxygen atoms in total. The standard InChI is InChI=1S/C27H31NO3/c1-19(20-11-7-6-8-12-20)28-26(29)21-15-16-24(30-5)22(17-21)18-31-25-14-10-9-13-23(25)27(2,3)4/h6-17,19H,18H2,1-5H3,(H,28,29)/t19-/m1/s1. The van der Waals surface area contributed by atoms with Gasteiger partial charge in [-0.05, 0) is 47.7 Å². The molecule has 0 aliphatic rings. The van der Waals surface area contributed by atoms with Crippen molar-refractivity contribution in [3.8, 4) is 11.5 Å². The molecule has 31 heavy (non-hydrogen) atoms. The van der Waals surface area contributed by atoms with E-state index in [2.05, 4.69) is 32.2 Å². The van der Waals surface area contributed by atoms with E-state index in [9.17, 15) is 4.79 Å². The van der Waals surface area contributed by atoms with Crippen molar-refractivity contribution in [1.29, 1.82) is 0 Å². The number of carbonyl (C=O) groups is 1. The highest BCUT2D eigenvalue weighted by Crippen LogP contribution is 2.32. The van der Waals surface area contributed by atoms with Gasteiger partial charge >= 0.3 is 0 Å². The monoisotopic (exact) mass is 417 g/mol. The van der Waals surface area contributed by atoms with Gasteiger partial charge in [0.05, 0.1) is 13.2 Å². The van der Waals surface area contributed by atoms with E-state index in [-0.39, 0.29) is 17.4 Å². The van der Waals surface area contributed by atoms with Crippen molar-refractivity contribution in [2.24, 2.45) is 0 Å². The number of rotatable bonds is 7. The minimum absolute atomic E-state index is 0.0318. The number of carbonyl (C=O) groups excluding carboxylic acids is 1. The van der Waals surface area contributed by atoms with Crippen LogP contribution in [0.15, 0.2) is 72.8 Å². The molecule has 0 fully saturated rings. The third kappa shape index (κ3) is 5.66. The minimum atomic E-state index is -0.129. The van der Waals surface area contributed by atoms with Crippen molar-refractivity contribution in [1.82, 2.24) is 5.32 Å². The molecule has 4 heteroatoms. The fraction of sp³-hybridized carbons (Fsp3) is 0.296. The maximum absolute atomic E-state index is 12.8. The first kappa shape index (κ1) is 22.4. The van der Waals surface area contributed by atoms with Crippen LogP contribution >= 0.6 is 0 Å². The van der Waals surface area contributed by atoms with Gasteiger partial charge in [0.1, 0.15) is 18.1 Å². The molecule has 0 heterocycles. The van der Waals surface area contributed by atoms with Crippen molar-refractivity contribution >= 4 is 5.91 Å². The highest BCUT2D eigenvalue weighted by Gasteiger charge is 2.19. The topological polar surface area (TPSA) is 47.6 Å². The molecular formula is C27H31NO3. The van der Waals surface area contributed by atoms with Gasteiger partial charge in [0.25, 0.3) is 5.91 Å². The lowest BCUT2D eigenvalue weighted by atomic mass is 9.86. The first-order valence-corrected chi connectivity index (χ1v) is 10.5. The molecule has 3 aromatic carbocycles. The molecule has 1 N–H and O–H groups in total. The molecule has 0 saturated carbocycles. The Hall–Kier alpha value is -3.27. The molecule has 0 saturated heterocycles. The van der Waals surface area contributed by atoms with Crippen LogP contribution in [0.4, 0.5) is 0 Å². The maximum atomic E-state index is 12.8. The van der Waals surface area contributed by atoms with Gasteiger partial charge in [-0.25, -0.2) is 0 Å². The second-order valence-corrected chi connectivity index (χ2v) is 8.67. The first-order chi connectivity index (χ1) is 14.8. The number of para-hydroxylation sites is 1. The number of hydrogen-bond donors (Lipinski definition) is 1. The van der Waals surface area contributed by atoms with Crippen LogP contribution in [0, 0.1) is 0 Å². The van der Waals surface area contributed by atoms with Gasteiger partial charge in [-0.1, -0.05) is 69.3 Å². The van der Waals surface area contributed by atoms with E-state index < -0.39 is 0 Å². The lowest BCUT2D eigenvalue weighted by molar-refractivity contribution is 0.0939. The summed E-state index contributed by atoms with van der Waals surface area (Å²) in [5.74, 6) is 1.40. The second-order valence-electron chi connectivity index (χ2n) is 8.67. The van der Waals surface area contributed by atoms with Crippen LogP contribution in [0.3, 0.4) is 0 Å². The quantitative estimate of drug-likeness (QED) is 0.508. The van der Waals surface area contributed by atoms with Gasteiger partial charge in [-0.15, -0.1) is 0 Å². The molecule has 0 spiro atoms. The van der Waals surface area contributed by atoms with Crippen molar-refractivity contribution in [3.05, 3.63) is 95.1 Å². The highest BCUT2D eigenvalue weighted by molar-refractivity contribution is 5.94. The van der Waals surface area contributed by atoms with E-state index in [1.165, 1.54) is 0 Å². The van der Waals surface area contributed by atoms with Crippen LogP contribution in [0.2, 0.25) is 0 Å². The molecule has 162 valence electrons. The SMILES string of the molecule is COc1ccc(C(=O)N[C@H](C)c2ccccc2)cc1COc1ccccc1C(C)(C)C. The summed E-state index contributed by atoms with van der Waals surface area (Å²) in [5.41, 5.74) is 3.57. The molecule has 0 radical (unpaired) electrons. The Bertz CT molecular complexity index is 1020. The Kier molecular flexibility index (Phi) is 7.01. The number of methoxy groups -OCH3 is 1. The summed E-state index contributed by atoms with van der Waals surface area (Å²) in [5, 5.41) is 3.06. The van der Waals surface area contributed by atoms with E-state index in [1.54, 1.807) is 13.2 Å². The normalized spacial score (nSPS) is 12.2. The van der Waals surface area contributed by atoms with E-state index >= 15 is 0 Å². The molecule has 0 aromatic heterocycles.